The molecule has 1 aromatic rings. The molecule has 4 nitrogen and oxygen atoms in total. The molecule has 0 bridgehead atoms. The molecule has 66 valence electrons. The van der Waals surface area contributed by atoms with Crippen molar-refractivity contribution in [2.45, 2.75) is 0 Å². The number of benzene rings is 1. The zero-order valence-corrected chi connectivity index (χ0v) is 8.38. The van der Waals surface area contributed by atoms with Gasteiger partial charge >= 0.3 is 0 Å². The van der Waals surface area contributed by atoms with Crippen molar-refractivity contribution < 1.29 is 8.76 Å². The van der Waals surface area contributed by atoms with E-state index in [1.54, 1.807) is 24.3 Å². The van der Waals surface area contributed by atoms with Gasteiger partial charge in [0.25, 0.3) is 11.3 Å². The molecule has 1 rings (SSSR count). The fraction of sp³-hybridized carbons (Fsp3) is 0. The number of nitrogens with two attached hydrogens (primary N) is 1. The lowest BCUT2D eigenvalue weighted by Gasteiger charge is -2.12. The number of hydrazine groups is 1. The third-order valence-corrected chi connectivity index (χ3v) is 2.33. The van der Waals surface area contributed by atoms with Crippen molar-refractivity contribution in [1.82, 2.24) is 0 Å². The second-order valence-electron chi connectivity index (χ2n) is 2.03. The van der Waals surface area contributed by atoms with Crippen molar-refractivity contribution in [2.24, 2.45) is 5.84 Å². The first-order chi connectivity index (χ1) is 5.61. The molecule has 0 aliphatic carbocycles. The normalized spacial score (nSPS) is 12.6. The topological polar surface area (TPSA) is 66.6 Å². The second kappa shape index (κ2) is 3.99. The lowest BCUT2D eigenvalue weighted by molar-refractivity contribution is 0.560. The Kier molecular flexibility index (Phi) is 3.21. The second-order valence-corrected chi connectivity index (χ2v) is 3.80. The summed E-state index contributed by atoms with van der Waals surface area (Å²) in [6.07, 6.45) is 0. The number of hydrogen-bond donors (Lipinski definition) is 2. The lowest BCUT2D eigenvalue weighted by Crippen LogP contribution is -2.32. The van der Waals surface area contributed by atoms with Gasteiger partial charge in [0, 0.05) is 4.47 Å². The van der Waals surface area contributed by atoms with Crippen LogP contribution < -0.4 is 10.3 Å². The third kappa shape index (κ3) is 2.28. The molecule has 1 atom stereocenters. The Morgan fingerprint density at radius 2 is 1.92 bits per heavy atom. The molecular formula is C6H7BrN2O2S. The molecule has 0 radical (unpaired) electrons. The number of rotatable bonds is 2. The van der Waals surface area contributed by atoms with E-state index in [0.29, 0.717) is 5.69 Å². The van der Waals surface area contributed by atoms with Gasteiger partial charge in [-0.05, 0) is 24.3 Å². The van der Waals surface area contributed by atoms with Gasteiger partial charge in [0.05, 0.1) is 5.69 Å². The van der Waals surface area contributed by atoms with E-state index < -0.39 is 11.3 Å². The Hall–Kier alpha value is -0.430. The van der Waals surface area contributed by atoms with Gasteiger partial charge in [-0.3, -0.25) is 4.55 Å². The van der Waals surface area contributed by atoms with Crippen LogP contribution in [0.3, 0.4) is 0 Å². The molecule has 0 saturated carbocycles. The highest BCUT2D eigenvalue weighted by atomic mass is 79.9. The highest BCUT2D eigenvalue weighted by Crippen LogP contribution is 2.16. The summed E-state index contributed by atoms with van der Waals surface area (Å²) in [6.45, 7) is 0. The summed E-state index contributed by atoms with van der Waals surface area (Å²) < 4.78 is 20.8. The van der Waals surface area contributed by atoms with Gasteiger partial charge in [0.1, 0.15) is 0 Å². The predicted molar refractivity (Wildman–Crippen MR) is 51.6 cm³/mol. The maximum absolute atomic E-state index is 10.5. The molecule has 0 fully saturated rings. The first-order valence-electron chi connectivity index (χ1n) is 3.02. The number of nitrogens with zero attached hydrogens (tertiary/aromatic N) is 1. The summed E-state index contributed by atoms with van der Waals surface area (Å²) in [6, 6.07) is 6.75. The predicted octanol–water partition coefficient (Wildman–Crippen LogP) is 1.27. The molecule has 3 N–H and O–H groups in total. The first-order valence-corrected chi connectivity index (χ1v) is 4.88. The SMILES string of the molecule is NN(c1ccc(Br)cc1)S(=O)O. The van der Waals surface area contributed by atoms with Crippen LogP contribution in [0.4, 0.5) is 5.69 Å². The Balaban J connectivity index is 2.89. The fourth-order valence-electron chi connectivity index (χ4n) is 0.678. The van der Waals surface area contributed by atoms with Gasteiger partial charge in [0.2, 0.25) is 0 Å². The van der Waals surface area contributed by atoms with Gasteiger partial charge in [-0.25, -0.2) is 14.5 Å². The molecule has 0 saturated heterocycles. The van der Waals surface area contributed by atoms with Crippen LogP contribution in [0.1, 0.15) is 0 Å². The summed E-state index contributed by atoms with van der Waals surface area (Å²) in [4.78, 5) is 0. The van der Waals surface area contributed by atoms with E-state index in [1.807, 2.05) is 0 Å². The zero-order chi connectivity index (χ0) is 9.14. The lowest BCUT2D eigenvalue weighted by atomic mass is 10.3. The summed E-state index contributed by atoms with van der Waals surface area (Å²) in [5.41, 5.74) is 0.485. The average molecular weight is 251 g/mol. The van der Waals surface area contributed by atoms with Crippen LogP contribution >= 0.6 is 15.9 Å². The highest BCUT2D eigenvalue weighted by molar-refractivity contribution is 9.10. The molecule has 0 aromatic heterocycles. The molecule has 1 unspecified atom stereocenters. The smallest absolute Gasteiger partial charge is 0.276 e. The van der Waals surface area contributed by atoms with Crippen molar-refractivity contribution >= 4 is 32.9 Å². The molecule has 1 aromatic carbocycles. The number of halogens is 1. The molecule has 0 aliphatic rings. The fourth-order valence-corrected chi connectivity index (χ4v) is 1.24. The minimum atomic E-state index is -2.17. The van der Waals surface area contributed by atoms with E-state index >= 15 is 0 Å². The van der Waals surface area contributed by atoms with E-state index in [4.69, 9.17) is 10.4 Å². The van der Waals surface area contributed by atoms with Crippen LogP contribution in [0.15, 0.2) is 28.7 Å². The van der Waals surface area contributed by atoms with E-state index in [9.17, 15) is 4.21 Å². The van der Waals surface area contributed by atoms with Crippen molar-refractivity contribution in [3.05, 3.63) is 28.7 Å². The van der Waals surface area contributed by atoms with Gasteiger partial charge in [-0.2, -0.15) is 0 Å². The van der Waals surface area contributed by atoms with Gasteiger partial charge < -0.3 is 0 Å². The molecule has 6 heteroatoms. The average Bonchev–Trinajstić information content (AvgIpc) is 2.04. The minimum Gasteiger partial charge on any atom is -0.288 e. The maximum atomic E-state index is 10.5. The summed E-state index contributed by atoms with van der Waals surface area (Å²) in [5.74, 6) is 5.26. The highest BCUT2D eigenvalue weighted by Gasteiger charge is 2.05. The van der Waals surface area contributed by atoms with Gasteiger partial charge in [-0.1, -0.05) is 15.9 Å². The Morgan fingerprint density at radius 1 is 1.42 bits per heavy atom. The molecule has 0 spiro atoms. The summed E-state index contributed by atoms with van der Waals surface area (Å²) >= 11 is 1.06. The van der Waals surface area contributed by atoms with E-state index in [0.717, 1.165) is 8.89 Å². The third-order valence-electron chi connectivity index (χ3n) is 1.25. The van der Waals surface area contributed by atoms with Crippen LogP contribution in [0, 0.1) is 0 Å². The monoisotopic (exact) mass is 250 g/mol. The van der Waals surface area contributed by atoms with Crippen molar-refractivity contribution in [2.75, 3.05) is 4.41 Å². The Labute approximate surface area is 80.9 Å². The molecule has 0 heterocycles. The summed E-state index contributed by atoms with van der Waals surface area (Å²) in [7, 11) is 0. The molecule has 0 amide bonds. The van der Waals surface area contributed by atoms with E-state index in [1.165, 1.54) is 0 Å². The van der Waals surface area contributed by atoms with Crippen LogP contribution in [0.5, 0.6) is 0 Å². The largest absolute Gasteiger partial charge is 0.288 e. The quantitative estimate of drug-likeness (QED) is 0.472. The molecule has 0 aliphatic heterocycles. The van der Waals surface area contributed by atoms with Crippen molar-refractivity contribution in [3.63, 3.8) is 0 Å². The zero-order valence-electron chi connectivity index (χ0n) is 5.98. The van der Waals surface area contributed by atoms with Crippen molar-refractivity contribution in [3.8, 4) is 0 Å². The Bertz CT molecular complexity index is 290. The van der Waals surface area contributed by atoms with E-state index in [-0.39, 0.29) is 0 Å². The standard InChI is InChI=1S/C6H7BrN2O2S/c7-5-1-3-6(4-2-5)9(8)12(10)11/h1-4H,8H2,(H,10,11). The molecular weight excluding hydrogens is 244 g/mol. The maximum Gasteiger partial charge on any atom is 0.276 e. The number of anilines is 1. The van der Waals surface area contributed by atoms with Gasteiger partial charge in [0.15, 0.2) is 0 Å². The van der Waals surface area contributed by atoms with Crippen LogP contribution in [-0.2, 0) is 11.3 Å². The first kappa shape index (κ1) is 9.66. The number of hydrogen-bond acceptors (Lipinski definition) is 2. The van der Waals surface area contributed by atoms with Crippen LogP contribution in [0.2, 0.25) is 0 Å². The van der Waals surface area contributed by atoms with Crippen molar-refractivity contribution in [1.29, 1.82) is 0 Å². The van der Waals surface area contributed by atoms with Gasteiger partial charge in [-0.15, -0.1) is 0 Å². The van der Waals surface area contributed by atoms with Crippen LogP contribution in [0.25, 0.3) is 0 Å². The minimum absolute atomic E-state index is 0.485. The summed E-state index contributed by atoms with van der Waals surface area (Å²) in [5, 5.41) is 0. The van der Waals surface area contributed by atoms with Crippen LogP contribution in [-0.4, -0.2) is 8.76 Å². The Morgan fingerprint density at radius 3 is 2.33 bits per heavy atom. The molecule has 12 heavy (non-hydrogen) atoms. The van der Waals surface area contributed by atoms with E-state index in [2.05, 4.69) is 15.9 Å².